The second-order valence-electron chi connectivity index (χ2n) is 6.39. The third-order valence-electron chi connectivity index (χ3n) is 4.76. The Balaban J connectivity index is 1.59. The van der Waals surface area contributed by atoms with Gasteiger partial charge in [-0.15, -0.1) is 0 Å². The van der Waals surface area contributed by atoms with Crippen LogP contribution in [-0.4, -0.2) is 11.1 Å². The minimum atomic E-state index is -0.606. The number of hydrogen-bond donors (Lipinski definition) is 1. The predicted octanol–water partition coefficient (Wildman–Crippen LogP) is 4.97. The summed E-state index contributed by atoms with van der Waals surface area (Å²) in [7, 11) is 0. The van der Waals surface area contributed by atoms with Gasteiger partial charge in [0.1, 0.15) is 0 Å². The van der Waals surface area contributed by atoms with Gasteiger partial charge in [0.2, 0.25) is 5.91 Å². The first-order chi connectivity index (χ1) is 12.1. The lowest BCUT2D eigenvalue weighted by molar-refractivity contribution is -0.118. The second kappa shape index (κ2) is 6.05. The van der Waals surface area contributed by atoms with Crippen LogP contribution in [0.4, 0.5) is 5.69 Å². The zero-order chi connectivity index (χ0) is 17.4. The Labute approximate surface area is 150 Å². The summed E-state index contributed by atoms with van der Waals surface area (Å²) in [6, 6.07) is 17.1. The highest BCUT2D eigenvalue weighted by Gasteiger charge is 2.54. The van der Waals surface area contributed by atoms with E-state index >= 15 is 0 Å². The van der Waals surface area contributed by atoms with Gasteiger partial charge in [0.05, 0.1) is 11.1 Å². The van der Waals surface area contributed by atoms with Crippen LogP contribution in [-0.2, 0) is 10.2 Å². The van der Waals surface area contributed by atoms with Gasteiger partial charge in [0, 0.05) is 22.3 Å². The molecule has 1 aromatic heterocycles. The summed E-state index contributed by atoms with van der Waals surface area (Å²) in [5.41, 5.74) is 2.62. The largest absolute Gasteiger partial charge is 0.356 e. The van der Waals surface area contributed by atoms with E-state index in [0.29, 0.717) is 16.5 Å². The van der Waals surface area contributed by atoms with Crippen LogP contribution >= 0.6 is 11.6 Å². The van der Waals surface area contributed by atoms with Crippen LogP contribution in [0.1, 0.15) is 24.1 Å². The smallest absolute Gasteiger partial charge is 0.236 e. The Kier molecular flexibility index (Phi) is 3.85. The third-order valence-corrected chi connectivity index (χ3v) is 5.17. The van der Waals surface area contributed by atoms with E-state index in [1.165, 1.54) is 0 Å². The second-order valence-corrected chi connectivity index (χ2v) is 6.80. The molecule has 25 heavy (non-hydrogen) atoms. The lowest BCUT2D eigenvalue weighted by Crippen LogP contribution is -2.28. The van der Waals surface area contributed by atoms with Crippen molar-refractivity contribution in [3.8, 4) is 11.3 Å². The Bertz CT molecular complexity index is 930. The van der Waals surface area contributed by atoms with Crippen LogP contribution in [0.15, 0.2) is 59.1 Å². The van der Waals surface area contributed by atoms with Crippen molar-refractivity contribution in [2.24, 2.45) is 0 Å². The van der Waals surface area contributed by atoms with E-state index in [1.807, 2.05) is 61.5 Å². The number of carbonyl (C=O) groups excluding carboxylic acids is 1. The molecule has 0 radical (unpaired) electrons. The van der Waals surface area contributed by atoms with Gasteiger partial charge in [-0.05, 0) is 37.5 Å². The Morgan fingerprint density at radius 3 is 2.64 bits per heavy atom. The monoisotopic (exact) mass is 352 g/mol. The van der Waals surface area contributed by atoms with Crippen molar-refractivity contribution < 1.29 is 9.32 Å². The van der Waals surface area contributed by atoms with Crippen LogP contribution in [0.2, 0.25) is 5.02 Å². The van der Waals surface area contributed by atoms with E-state index in [0.717, 1.165) is 29.7 Å². The zero-order valence-electron chi connectivity index (χ0n) is 13.8. The molecule has 0 saturated heterocycles. The highest BCUT2D eigenvalue weighted by Crippen LogP contribution is 2.49. The normalized spacial score (nSPS) is 15.0. The number of nitrogens with zero attached hydrogens (tertiary/aromatic N) is 1. The van der Waals surface area contributed by atoms with Crippen molar-refractivity contribution in [2.45, 2.75) is 25.2 Å². The SMILES string of the molecule is Cc1c(Cl)cccc1NC(=O)C1(c2cc(-c3ccccc3)on2)CC1. The molecule has 0 unspecified atom stereocenters. The number of halogens is 1. The average Bonchev–Trinajstić information content (AvgIpc) is 3.30. The quantitative estimate of drug-likeness (QED) is 0.720. The maximum atomic E-state index is 12.9. The fourth-order valence-electron chi connectivity index (χ4n) is 2.95. The molecular formula is C20H17ClN2O2. The molecule has 0 spiro atoms. The molecule has 1 amide bonds. The molecule has 0 aliphatic heterocycles. The van der Waals surface area contributed by atoms with Crippen LogP contribution in [0.25, 0.3) is 11.3 Å². The number of benzene rings is 2. The standard InChI is InChI=1S/C20H17ClN2O2/c1-13-15(21)8-5-9-16(13)22-19(24)20(10-11-20)18-12-17(25-23-18)14-6-3-2-4-7-14/h2-9,12H,10-11H2,1H3,(H,22,24). The third kappa shape index (κ3) is 2.83. The number of hydrogen-bond acceptors (Lipinski definition) is 3. The first kappa shape index (κ1) is 15.9. The number of carbonyl (C=O) groups is 1. The van der Waals surface area contributed by atoms with Crippen LogP contribution < -0.4 is 5.32 Å². The van der Waals surface area contributed by atoms with E-state index in [1.54, 1.807) is 0 Å². The van der Waals surface area contributed by atoms with Crippen LogP contribution in [0.3, 0.4) is 0 Å². The van der Waals surface area contributed by atoms with Crippen molar-refractivity contribution in [1.29, 1.82) is 0 Å². The van der Waals surface area contributed by atoms with Gasteiger partial charge in [-0.1, -0.05) is 53.2 Å². The first-order valence-electron chi connectivity index (χ1n) is 8.19. The van der Waals surface area contributed by atoms with E-state index in [2.05, 4.69) is 10.5 Å². The minimum Gasteiger partial charge on any atom is -0.356 e. The molecule has 5 heteroatoms. The van der Waals surface area contributed by atoms with Crippen molar-refractivity contribution in [3.63, 3.8) is 0 Å². The summed E-state index contributed by atoms with van der Waals surface area (Å²) in [6.07, 6.45) is 1.53. The Morgan fingerprint density at radius 1 is 1.16 bits per heavy atom. The van der Waals surface area contributed by atoms with Gasteiger partial charge in [-0.2, -0.15) is 0 Å². The number of amides is 1. The maximum Gasteiger partial charge on any atom is 0.236 e. The fourth-order valence-corrected chi connectivity index (χ4v) is 3.12. The number of nitrogens with one attached hydrogen (secondary N) is 1. The minimum absolute atomic E-state index is 0.0641. The van der Waals surface area contributed by atoms with Gasteiger partial charge in [0.15, 0.2) is 5.76 Å². The van der Waals surface area contributed by atoms with Gasteiger partial charge < -0.3 is 9.84 Å². The lowest BCUT2D eigenvalue weighted by Gasteiger charge is -2.14. The number of rotatable bonds is 4. The summed E-state index contributed by atoms with van der Waals surface area (Å²) in [6.45, 7) is 1.89. The Morgan fingerprint density at radius 2 is 1.92 bits per heavy atom. The fraction of sp³-hybridized carbons (Fsp3) is 0.200. The van der Waals surface area contributed by atoms with Gasteiger partial charge in [-0.3, -0.25) is 4.79 Å². The molecular weight excluding hydrogens is 336 g/mol. The molecule has 1 saturated carbocycles. The number of anilines is 1. The molecule has 1 aliphatic carbocycles. The molecule has 0 atom stereocenters. The van der Waals surface area contributed by atoms with Gasteiger partial charge in [0.25, 0.3) is 0 Å². The van der Waals surface area contributed by atoms with Crippen LogP contribution in [0.5, 0.6) is 0 Å². The first-order valence-corrected chi connectivity index (χ1v) is 8.57. The van der Waals surface area contributed by atoms with Gasteiger partial charge in [-0.25, -0.2) is 0 Å². The van der Waals surface area contributed by atoms with E-state index in [4.69, 9.17) is 16.1 Å². The van der Waals surface area contributed by atoms with Crippen molar-refractivity contribution in [2.75, 3.05) is 5.32 Å². The average molecular weight is 353 g/mol. The zero-order valence-corrected chi connectivity index (χ0v) is 14.5. The summed E-state index contributed by atoms with van der Waals surface area (Å²) < 4.78 is 5.47. The molecule has 1 N–H and O–H groups in total. The molecule has 4 nitrogen and oxygen atoms in total. The van der Waals surface area contributed by atoms with Crippen molar-refractivity contribution in [3.05, 3.63) is 70.9 Å². The molecule has 1 fully saturated rings. The summed E-state index contributed by atoms with van der Waals surface area (Å²) in [4.78, 5) is 12.9. The summed E-state index contributed by atoms with van der Waals surface area (Å²) in [5, 5.41) is 7.80. The highest BCUT2D eigenvalue weighted by molar-refractivity contribution is 6.31. The van der Waals surface area contributed by atoms with Crippen LogP contribution in [0, 0.1) is 6.92 Å². The summed E-state index contributed by atoms with van der Waals surface area (Å²) >= 11 is 6.14. The molecule has 2 aromatic carbocycles. The van der Waals surface area contributed by atoms with Gasteiger partial charge >= 0.3 is 0 Å². The topological polar surface area (TPSA) is 55.1 Å². The predicted molar refractivity (Wildman–Crippen MR) is 97.7 cm³/mol. The molecule has 3 aromatic rings. The van der Waals surface area contributed by atoms with E-state index in [-0.39, 0.29) is 5.91 Å². The molecule has 4 rings (SSSR count). The highest BCUT2D eigenvalue weighted by atomic mass is 35.5. The lowest BCUT2D eigenvalue weighted by atomic mass is 10.00. The van der Waals surface area contributed by atoms with Crippen molar-refractivity contribution in [1.82, 2.24) is 5.16 Å². The van der Waals surface area contributed by atoms with E-state index < -0.39 is 5.41 Å². The summed E-state index contributed by atoms with van der Waals surface area (Å²) in [5.74, 6) is 0.611. The number of aromatic nitrogens is 1. The maximum absolute atomic E-state index is 12.9. The molecule has 126 valence electrons. The van der Waals surface area contributed by atoms with E-state index in [9.17, 15) is 4.79 Å². The molecule has 1 aliphatic rings. The molecule has 0 bridgehead atoms. The Hall–Kier alpha value is -2.59. The van der Waals surface area contributed by atoms with Crippen molar-refractivity contribution >= 4 is 23.2 Å². The molecule has 1 heterocycles.